The number of rotatable bonds is 8. The summed E-state index contributed by atoms with van der Waals surface area (Å²) >= 11 is 0. The molecule has 0 saturated heterocycles. The summed E-state index contributed by atoms with van der Waals surface area (Å²) in [5.74, 6) is 0.709. The van der Waals surface area contributed by atoms with Crippen molar-refractivity contribution < 1.29 is 14.1 Å². The predicted molar refractivity (Wildman–Crippen MR) is 134 cm³/mol. The number of carbonyl (C=O) groups excluding carboxylic acids is 2. The average molecular weight is 470 g/mol. The summed E-state index contributed by atoms with van der Waals surface area (Å²) in [6.45, 7) is 2.89. The molecule has 0 bridgehead atoms. The van der Waals surface area contributed by atoms with E-state index in [1.807, 2.05) is 61.5 Å². The van der Waals surface area contributed by atoms with Crippen LogP contribution in [0.2, 0.25) is 0 Å². The number of benzene rings is 3. The first kappa shape index (κ1) is 23.7. The Morgan fingerprint density at radius 2 is 1.66 bits per heavy atom. The Hall–Kier alpha value is -4.46. The molecule has 35 heavy (non-hydrogen) atoms. The fraction of sp³-hybridized carbons (Fsp3) is 0.185. The molecule has 1 aromatic heterocycles. The smallest absolute Gasteiger partial charge is 0.321 e. The van der Waals surface area contributed by atoms with Crippen molar-refractivity contribution in [2.24, 2.45) is 0 Å². The predicted octanol–water partition coefficient (Wildman–Crippen LogP) is 4.68. The number of hydrogen-bond donors (Lipinski definition) is 2. The van der Waals surface area contributed by atoms with E-state index in [0.717, 1.165) is 16.8 Å². The molecule has 3 amide bonds. The van der Waals surface area contributed by atoms with Crippen molar-refractivity contribution in [1.29, 1.82) is 0 Å². The molecule has 0 fully saturated rings. The van der Waals surface area contributed by atoms with Crippen LogP contribution < -0.4 is 10.6 Å². The van der Waals surface area contributed by atoms with Gasteiger partial charge in [0, 0.05) is 43.4 Å². The number of nitrogens with one attached hydrogen (secondary N) is 2. The van der Waals surface area contributed by atoms with Gasteiger partial charge in [0.15, 0.2) is 5.82 Å². The van der Waals surface area contributed by atoms with Gasteiger partial charge in [0.05, 0.1) is 0 Å². The molecule has 0 saturated carbocycles. The van der Waals surface area contributed by atoms with Gasteiger partial charge < -0.3 is 20.1 Å². The lowest BCUT2D eigenvalue weighted by atomic mass is 10.1. The lowest BCUT2D eigenvalue weighted by Crippen LogP contribution is -2.33. The summed E-state index contributed by atoms with van der Waals surface area (Å²) < 4.78 is 5.38. The van der Waals surface area contributed by atoms with Crippen LogP contribution in [0, 0.1) is 6.92 Å². The van der Waals surface area contributed by atoms with Gasteiger partial charge in [0.25, 0.3) is 11.8 Å². The van der Waals surface area contributed by atoms with E-state index in [2.05, 4.69) is 20.8 Å². The van der Waals surface area contributed by atoms with Crippen LogP contribution in [0.5, 0.6) is 0 Å². The zero-order valence-electron chi connectivity index (χ0n) is 19.7. The van der Waals surface area contributed by atoms with Crippen molar-refractivity contribution in [2.45, 2.75) is 19.9 Å². The van der Waals surface area contributed by atoms with E-state index in [0.29, 0.717) is 42.4 Å². The monoisotopic (exact) mass is 469 g/mol. The van der Waals surface area contributed by atoms with E-state index in [4.69, 9.17) is 4.52 Å². The Bertz CT molecular complexity index is 1270. The van der Waals surface area contributed by atoms with Crippen LogP contribution in [0.4, 0.5) is 10.5 Å². The van der Waals surface area contributed by atoms with Crippen molar-refractivity contribution in [3.8, 4) is 11.5 Å². The molecule has 0 aliphatic carbocycles. The van der Waals surface area contributed by atoms with Crippen LogP contribution >= 0.6 is 0 Å². The third kappa shape index (κ3) is 6.54. The molecule has 8 heteroatoms. The lowest BCUT2D eigenvalue weighted by Gasteiger charge is -2.17. The standard InChI is InChI=1S/C27H27N5O3/c1-19-8-14-23(15-9-19)29-27(34)32(2)17-16-24-30-26(35-31-24)22-12-10-21(11-13-22)25(33)28-18-20-6-4-3-5-7-20/h3-15H,16-18H2,1-2H3,(H,28,33)(H,29,34). The number of anilines is 1. The van der Waals surface area contributed by atoms with Crippen LogP contribution in [0.1, 0.15) is 27.3 Å². The van der Waals surface area contributed by atoms with Crippen molar-refractivity contribution in [3.05, 3.63) is 101 Å². The molecule has 3 aromatic carbocycles. The number of aromatic nitrogens is 2. The number of likely N-dealkylation sites (N-methyl/N-ethyl adjacent to an activating group) is 1. The first-order valence-electron chi connectivity index (χ1n) is 11.3. The first-order valence-corrected chi connectivity index (χ1v) is 11.3. The minimum atomic E-state index is -0.210. The number of urea groups is 1. The molecule has 8 nitrogen and oxygen atoms in total. The van der Waals surface area contributed by atoms with Gasteiger partial charge in [-0.3, -0.25) is 4.79 Å². The highest BCUT2D eigenvalue weighted by Gasteiger charge is 2.14. The molecule has 1 heterocycles. The van der Waals surface area contributed by atoms with E-state index >= 15 is 0 Å². The number of aryl methyl sites for hydroxylation is 1. The fourth-order valence-electron chi connectivity index (χ4n) is 3.34. The molecule has 0 aliphatic rings. The highest BCUT2D eigenvalue weighted by molar-refractivity contribution is 5.94. The third-order valence-corrected chi connectivity index (χ3v) is 5.48. The third-order valence-electron chi connectivity index (χ3n) is 5.48. The Balaban J connectivity index is 1.28. The summed E-state index contributed by atoms with van der Waals surface area (Å²) in [7, 11) is 1.71. The highest BCUT2D eigenvalue weighted by Crippen LogP contribution is 2.18. The Kier molecular flexibility index (Phi) is 7.52. The van der Waals surface area contributed by atoms with Crippen molar-refractivity contribution in [3.63, 3.8) is 0 Å². The second kappa shape index (κ2) is 11.1. The van der Waals surface area contributed by atoms with E-state index in [-0.39, 0.29) is 11.9 Å². The van der Waals surface area contributed by atoms with Crippen LogP contribution in [-0.4, -0.2) is 40.6 Å². The second-order valence-corrected chi connectivity index (χ2v) is 8.23. The van der Waals surface area contributed by atoms with Crippen molar-refractivity contribution in [1.82, 2.24) is 20.4 Å². The number of hydrogen-bond acceptors (Lipinski definition) is 5. The summed E-state index contributed by atoms with van der Waals surface area (Å²) in [4.78, 5) is 30.8. The molecule has 0 unspecified atom stereocenters. The number of carbonyl (C=O) groups is 2. The van der Waals surface area contributed by atoms with Gasteiger partial charge in [-0.05, 0) is 48.9 Å². The first-order chi connectivity index (χ1) is 17.0. The zero-order valence-corrected chi connectivity index (χ0v) is 19.7. The zero-order chi connectivity index (χ0) is 24.6. The summed E-state index contributed by atoms with van der Waals surface area (Å²) in [5, 5.41) is 9.78. The largest absolute Gasteiger partial charge is 0.348 e. The van der Waals surface area contributed by atoms with Gasteiger partial charge in [-0.2, -0.15) is 4.98 Å². The van der Waals surface area contributed by atoms with E-state index in [1.54, 1.807) is 36.2 Å². The average Bonchev–Trinajstić information content (AvgIpc) is 3.37. The minimum Gasteiger partial charge on any atom is -0.348 e. The summed E-state index contributed by atoms with van der Waals surface area (Å²) in [5.41, 5.74) is 4.17. The van der Waals surface area contributed by atoms with Crippen molar-refractivity contribution in [2.75, 3.05) is 18.9 Å². The molecule has 4 rings (SSSR count). The van der Waals surface area contributed by atoms with E-state index < -0.39 is 0 Å². The molecule has 178 valence electrons. The maximum Gasteiger partial charge on any atom is 0.321 e. The van der Waals surface area contributed by atoms with Gasteiger partial charge in [0.1, 0.15) is 0 Å². The summed E-state index contributed by atoms with van der Waals surface area (Å²) in [6.07, 6.45) is 0.446. The van der Waals surface area contributed by atoms with Gasteiger partial charge in [-0.15, -0.1) is 0 Å². The molecular weight excluding hydrogens is 442 g/mol. The second-order valence-electron chi connectivity index (χ2n) is 8.23. The molecule has 2 N–H and O–H groups in total. The van der Waals surface area contributed by atoms with Gasteiger partial charge in [0.2, 0.25) is 0 Å². The highest BCUT2D eigenvalue weighted by atomic mass is 16.5. The van der Waals surface area contributed by atoms with Crippen LogP contribution in [0.15, 0.2) is 83.4 Å². The molecule has 0 atom stereocenters. The maximum absolute atomic E-state index is 12.4. The Morgan fingerprint density at radius 3 is 2.37 bits per heavy atom. The van der Waals surface area contributed by atoms with E-state index in [9.17, 15) is 9.59 Å². The maximum atomic E-state index is 12.4. The van der Waals surface area contributed by atoms with Crippen molar-refractivity contribution >= 4 is 17.6 Å². The van der Waals surface area contributed by atoms with Gasteiger partial charge in [-0.25, -0.2) is 4.79 Å². The minimum absolute atomic E-state index is 0.154. The van der Waals surface area contributed by atoms with Crippen LogP contribution in [-0.2, 0) is 13.0 Å². The quantitative estimate of drug-likeness (QED) is 0.390. The van der Waals surface area contributed by atoms with Crippen LogP contribution in [0.3, 0.4) is 0 Å². The molecular formula is C27H27N5O3. The Morgan fingerprint density at radius 1 is 0.943 bits per heavy atom. The molecule has 0 radical (unpaired) electrons. The van der Waals surface area contributed by atoms with E-state index in [1.165, 1.54) is 0 Å². The Labute approximate surface area is 204 Å². The number of amides is 3. The SMILES string of the molecule is Cc1ccc(NC(=O)N(C)CCc2noc(-c3ccc(C(=O)NCc4ccccc4)cc3)n2)cc1. The normalized spacial score (nSPS) is 10.6. The lowest BCUT2D eigenvalue weighted by molar-refractivity contribution is 0.0951. The van der Waals surface area contributed by atoms with Crippen LogP contribution in [0.25, 0.3) is 11.5 Å². The van der Waals surface area contributed by atoms with Gasteiger partial charge >= 0.3 is 6.03 Å². The molecule has 4 aromatic rings. The topological polar surface area (TPSA) is 100 Å². The molecule has 0 aliphatic heterocycles. The summed E-state index contributed by atoms with van der Waals surface area (Å²) in [6, 6.07) is 24.1. The molecule has 0 spiro atoms. The van der Waals surface area contributed by atoms with Gasteiger partial charge in [-0.1, -0.05) is 53.2 Å². The number of nitrogens with zero attached hydrogens (tertiary/aromatic N) is 3. The fourth-order valence-corrected chi connectivity index (χ4v) is 3.34.